The van der Waals surface area contributed by atoms with Gasteiger partial charge in [0.1, 0.15) is 12.7 Å². The summed E-state index contributed by atoms with van der Waals surface area (Å²) in [6.45, 7) is 2.44. The highest BCUT2D eigenvalue weighted by atomic mass is 31.2. The van der Waals surface area contributed by atoms with Crippen LogP contribution in [0.3, 0.4) is 0 Å². The first-order valence-corrected chi connectivity index (χ1v) is 21.0. The normalized spacial score (nSPS) is 14.3. The van der Waals surface area contributed by atoms with Crippen LogP contribution in [-0.4, -0.2) is 64.9 Å². The zero-order valence-electron chi connectivity index (χ0n) is 31.7. The van der Waals surface area contributed by atoms with Crippen molar-refractivity contribution in [1.82, 2.24) is 5.32 Å². The highest BCUT2D eigenvalue weighted by molar-refractivity contribution is 7.47. The Morgan fingerprint density at radius 1 is 0.647 bits per heavy atom. The first-order chi connectivity index (χ1) is 24.6. The first-order valence-electron chi connectivity index (χ1n) is 19.5. The molecule has 0 fully saturated rings. The molecule has 0 spiro atoms. The highest BCUT2D eigenvalue weighted by Gasteiger charge is 2.28. The van der Waals surface area contributed by atoms with E-state index < -0.39 is 57.6 Å². The van der Waals surface area contributed by atoms with Crippen LogP contribution >= 0.6 is 7.82 Å². The number of aliphatic hydroxyl groups is 1. The van der Waals surface area contributed by atoms with Gasteiger partial charge in [-0.1, -0.05) is 140 Å². The van der Waals surface area contributed by atoms with Gasteiger partial charge < -0.3 is 25.2 Å². The summed E-state index contributed by atoms with van der Waals surface area (Å²) in [5, 5.41) is 21.7. The second-order valence-corrected chi connectivity index (χ2v) is 14.5. The summed E-state index contributed by atoms with van der Waals surface area (Å²) in [6.07, 6.45) is 34.6. The van der Waals surface area contributed by atoms with E-state index in [4.69, 9.17) is 13.8 Å². The van der Waals surface area contributed by atoms with Gasteiger partial charge in [0, 0.05) is 12.8 Å². The number of esters is 1. The molecule has 0 aromatic heterocycles. The molecular formula is C39H70NO10P. The van der Waals surface area contributed by atoms with Crippen molar-refractivity contribution in [2.45, 2.75) is 174 Å². The lowest BCUT2D eigenvalue weighted by molar-refractivity contribution is -0.147. The fraction of sp³-hybridized carbons (Fsp3) is 0.769. The molecule has 51 heavy (non-hydrogen) atoms. The molecule has 4 N–H and O–H groups in total. The Balaban J connectivity index is 3.97. The van der Waals surface area contributed by atoms with Gasteiger partial charge in [0.25, 0.3) is 0 Å². The molecule has 3 unspecified atom stereocenters. The van der Waals surface area contributed by atoms with Gasteiger partial charge in [0.2, 0.25) is 5.91 Å². The lowest BCUT2D eigenvalue weighted by atomic mass is 10.1. The number of carboxylic acids is 1. The van der Waals surface area contributed by atoms with Crippen molar-refractivity contribution in [3.63, 3.8) is 0 Å². The molecule has 3 atom stereocenters. The van der Waals surface area contributed by atoms with Gasteiger partial charge >= 0.3 is 19.8 Å². The number of aliphatic carboxylic acids is 1. The summed E-state index contributed by atoms with van der Waals surface area (Å²) in [4.78, 5) is 45.7. The van der Waals surface area contributed by atoms with Crippen molar-refractivity contribution in [3.8, 4) is 0 Å². The molecule has 0 aromatic rings. The second-order valence-electron chi connectivity index (χ2n) is 13.1. The van der Waals surface area contributed by atoms with Crippen LogP contribution in [0, 0.1) is 0 Å². The number of nitrogens with one attached hydrogen (secondary N) is 1. The van der Waals surface area contributed by atoms with Crippen molar-refractivity contribution >= 4 is 25.7 Å². The average molecular weight is 744 g/mol. The summed E-state index contributed by atoms with van der Waals surface area (Å²) in [6, 6.07) is -1.55. The third-order valence-corrected chi connectivity index (χ3v) is 9.14. The number of aliphatic hydroxyl groups excluding tert-OH is 1. The average Bonchev–Trinajstić information content (AvgIpc) is 3.10. The molecule has 0 heterocycles. The number of allylic oxidation sites excluding steroid dienone is 6. The van der Waals surface area contributed by atoms with Crippen molar-refractivity contribution in [3.05, 3.63) is 36.5 Å². The number of carbonyl (C=O) groups excluding carboxylic acids is 2. The Kier molecular flexibility index (Phi) is 33.2. The van der Waals surface area contributed by atoms with Crippen molar-refractivity contribution < 1.29 is 47.8 Å². The number of phosphoric ester groups is 1. The van der Waals surface area contributed by atoms with E-state index in [2.05, 4.69) is 55.6 Å². The number of hydrogen-bond donors (Lipinski definition) is 4. The Hall–Kier alpha value is -2.30. The summed E-state index contributed by atoms with van der Waals surface area (Å²) in [7, 11) is -4.75. The topological polar surface area (TPSA) is 169 Å². The number of carbonyl (C=O) groups is 3. The second kappa shape index (κ2) is 34.8. The molecule has 0 aliphatic rings. The highest BCUT2D eigenvalue weighted by Crippen LogP contribution is 2.43. The van der Waals surface area contributed by atoms with E-state index in [1.54, 1.807) is 0 Å². The fourth-order valence-electron chi connectivity index (χ4n) is 5.15. The molecule has 11 nitrogen and oxygen atoms in total. The van der Waals surface area contributed by atoms with Crippen LogP contribution in [0.1, 0.15) is 162 Å². The van der Waals surface area contributed by atoms with Crippen LogP contribution in [0.5, 0.6) is 0 Å². The zero-order chi connectivity index (χ0) is 37.8. The molecule has 0 saturated carbocycles. The van der Waals surface area contributed by atoms with E-state index in [1.165, 1.54) is 38.5 Å². The van der Waals surface area contributed by atoms with Gasteiger partial charge in [-0.05, 0) is 44.9 Å². The molecule has 296 valence electrons. The van der Waals surface area contributed by atoms with Crippen molar-refractivity contribution in [2.24, 2.45) is 0 Å². The number of phosphoric acid groups is 1. The summed E-state index contributed by atoms with van der Waals surface area (Å²) < 4.78 is 26.7. The molecule has 0 rings (SSSR count). The molecule has 0 bridgehead atoms. The fourth-order valence-corrected chi connectivity index (χ4v) is 5.92. The zero-order valence-corrected chi connectivity index (χ0v) is 32.5. The van der Waals surface area contributed by atoms with Gasteiger partial charge in [-0.3, -0.25) is 18.6 Å². The van der Waals surface area contributed by atoms with Crippen LogP contribution in [0.15, 0.2) is 36.5 Å². The van der Waals surface area contributed by atoms with Crippen LogP contribution < -0.4 is 5.32 Å². The number of hydrogen-bond acceptors (Lipinski definition) is 8. The largest absolute Gasteiger partial charge is 0.480 e. The van der Waals surface area contributed by atoms with Gasteiger partial charge in [-0.25, -0.2) is 9.36 Å². The lowest BCUT2D eigenvalue weighted by Gasteiger charge is -2.18. The minimum absolute atomic E-state index is 0.134. The standard InChI is InChI=1S/C39H70NO10P/c1-3-5-7-9-11-13-15-16-17-18-19-20-21-22-24-26-28-30-37(42)40-36(39(44)45)34-50-51(46,47)49-33-35(41)32-48-38(43)31-29-27-25-23-14-12-10-8-6-4-2/h5,7,11,13,16-17,35-36,41H,3-4,6,8-10,12,14-15,18-34H2,1-2H3,(H,40,42)(H,44,45)(H,46,47)/b7-5-,13-11-,17-16-. The van der Waals surface area contributed by atoms with Crippen LogP contribution in [-0.2, 0) is 32.7 Å². The van der Waals surface area contributed by atoms with E-state index in [-0.39, 0.29) is 12.8 Å². The third kappa shape index (κ3) is 34.5. The van der Waals surface area contributed by atoms with Crippen LogP contribution in [0.4, 0.5) is 0 Å². The van der Waals surface area contributed by atoms with Crippen molar-refractivity contribution in [1.29, 1.82) is 0 Å². The Morgan fingerprint density at radius 3 is 1.71 bits per heavy atom. The molecule has 0 aliphatic carbocycles. The summed E-state index contributed by atoms with van der Waals surface area (Å²) >= 11 is 0. The van der Waals surface area contributed by atoms with Crippen molar-refractivity contribution in [2.75, 3.05) is 19.8 Å². The minimum atomic E-state index is -4.75. The van der Waals surface area contributed by atoms with E-state index in [1.807, 2.05) is 0 Å². The number of unbranched alkanes of at least 4 members (excludes halogenated alkanes) is 16. The predicted octanol–water partition coefficient (Wildman–Crippen LogP) is 9.27. The third-order valence-electron chi connectivity index (χ3n) is 8.19. The van der Waals surface area contributed by atoms with E-state index in [9.17, 15) is 34.1 Å². The maximum absolute atomic E-state index is 12.3. The summed E-state index contributed by atoms with van der Waals surface area (Å²) in [5.74, 6) is -2.39. The monoisotopic (exact) mass is 743 g/mol. The molecule has 1 amide bonds. The number of rotatable bonds is 36. The van der Waals surface area contributed by atoms with Crippen LogP contribution in [0.2, 0.25) is 0 Å². The lowest BCUT2D eigenvalue weighted by Crippen LogP contribution is -2.43. The van der Waals surface area contributed by atoms with Crippen LogP contribution in [0.25, 0.3) is 0 Å². The minimum Gasteiger partial charge on any atom is -0.480 e. The molecule has 0 radical (unpaired) electrons. The molecular weight excluding hydrogens is 673 g/mol. The van der Waals surface area contributed by atoms with E-state index >= 15 is 0 Å². The number of carboxylic acid groups (broad SMARTS) is 1. The Bertz CT molecular complexity index is 1020. The Morgan fingerprint density at radius 2 is 1.14 bits per heavy atom. The van der Waals surface area contributed by atoms with Gasteiger partial charge in [-0.15, -0.1) is 0 Å². The smallest absolute Gasteiger partial charge is 0.472 e. The Labute approximate surface area is 308 Å². The first kappa shape index (κ1) is 48.7. The van der Waals surface area contributed by atoms with Gasteiger partial charge in [0.15, 0.2) is 6.04 Å². The molecule has 0 aromatic carbocycles. The maximum Gasteiger partial charge on any atom is 0.472 e. The molecule has 12 heteroatoms. The maximum atomic E-state index is 12.3. The summed E-state index contributed by atoms with van der Waals surface area (Å²) in [5.41, 5.74) is 0. The number of amides is 1. The quantitative estimate of drug-likeness (QED) is 0.0210. The number of ether oxygens (including phenoxy) is 1. The van der Waals surface area contributed by atoms with E-state index in [0.717, 1.165) is 83.5 Å². The molecule has 0 aliphatic heterocycles. The molecule has 0 saturated heterocycles. The van der Waals surface area contributed by atoms with Gasteiger partial charge in [-0.2, -0.15) is 0 Å². The predicted molar refractivity (Wildman–Crippen MR) is 203 cm³/mol. The van der Waals surface area contributed by atoms with Gasteiger partial charge in [0.05, 0.1) is 13.2 Å². The van der Waals surface area contributed by atoms with E-state index in [0.29, 0.717) is 12.8 Å². The SMILES string of the molecule is CC/C=C\C/C=C\C/C=C\CCCCCCCCCC(=O)NC(COP(=O)(O)OCC(O)COC(=O)CCCCCCCCCCCC)C(=O)O.